The van der Waals surface area contributed by atoms with Gasteiger partial charge in [0, 0.05) is 16.3 Å². The molecule has 2 aliphatic heterocycles. The maximum absolute atomic E-state index is 13.1. The van der Waals surface area contributed by atoms with Crippen LogP contribution >= 0.6 is 23.4 Å². The largest absolute Gasteiger partial charge is 0.325 e. The molecule has 8 heteroatoms. The monoisotopic (exact) mass is 440 g/mol. The maximum Gasteiger partial charge on any atom is 0.259 e. The van der Waals surface area contributed by atoms with Gasteiger partial charge in [0.1, 0.15) is 11.9 Å². The number of halogens is 1. The number of benzene rings is 2. The molecule has 0 spiro atoms. The van der Waals surface area contributed by atoms with Crippen LogP contribution < -0.4 is 5.32 Å². The second-order valence-corrected chi connectivity index (χ2v) is 9.23. The number of fused-ring (bicyclic) bond motifs is 3. The predicted octanol–water partition coefficient (Wildman–Crippen LogP) is 4.71. The van der Waals surface area contributed by atoms with Gasteiger partial charge in [0.25, 0.3) is 5.91 Å². The lowest BCUT2D eigenvalue weighted by Gasteiger charge is -2.27. The summed E-state index contributed by atoms with van der Waals surface area (Å²) in [5.74, 6) is 0.386. The number of amides is 2. The van der Waals surface area contributed by atoms with E-state index in [-0.39, 0.29) is 17.7 Å². The Morgan fingerprint density at radius 2 is 1.83 bits per heavy atom. The molecule has 0 saturated heterocycles. The molecule has 0 unspecified atom stereocenters. The molecule has 2 aromatic carbocycles. The van der Waals surface area contributed by atoms with Crippen LogP contribution in [0.3, 0.4) is 0 Å². The smallest absolute Gasteiger partial charge is 0.259 e. The van der Waals surface area contributed by atoms with Crippen molar-refractivity contribution in [2.24, 2.45) is 15.9 Å². The van der Waals surface area contributed by atoms with Gasteiger partial charge in [0.2, 0.25) is 5.91 Å². The van der Waals surface area contributed by atoms with E-state index < -0.39 is 11.3 Å². The van der Waals surface area contributed by atoms with E-state index in [4.69, 9.17) is 16.6 Å². The van der Waals surface area contributed by atoms with Crippen molar-refractivity contribution in [1.82, 2.24) is 4.90 Å². The van der Waals surface area contributed by atoms with Crippen LogP contribution in [0.25, 0.3) is 0 Å². The van der Waals surface area contributed by atoms with Crippen molar-refractivity contribution in [2.45, 2.75) is 32.1 Å². The number of amidine groups is 2. The van der Waals surface area contributed by atoms with Gasteiger partial charge in [-0.3, -0.25) is 14.6 Å². The van der Waals surface area contributed by atoms with Crippen molar-refractivity contribution in [2.75, 3.05) is 5.32 Å². The molecule has 30 heavy (non-hydrogen) atoms. The topological polar surface area (TPSA) is 74.1 Å². The first-order valence-corrected chi connectivity index (χ1v) is 10.9. The highest BCUT2D eigenvalue weighted by atomic mass is 35.5. The summed E-state index contributed by atoms with van der Waals surface area (Å²) in [4.78, 5) is 36.7. The molecule has 2 aromatic rings. The molecular formula is C22H21ClN4O2S. The average Bonchev–Trinajstić information content (AvgIpc) is 3.08. The number of carbonyl (C=O) groups excluding carboxylic acids is 2. The summed E-state index contributed by atoms with van der Waals surface area (Å²) >= 11 is 7.14. The molecule has 0 radical (unpaired) electrons. The Kier molecular flexibility index (Phi) is 5.66. The SMILES string of the molecule is CC(C)[C@@H]1N=C2c3ccccc3N=C(S[C@H](C)C(=O)Nc3ccc(Cl)cc3)N2C1=O. The van der Waals surface area contributed by atoms with E-state index in [0.29, 0.717) is 21.7 Å². The summed E-state index contributed by atoms with van der Waals surface area (Å²) in [7, 11) is 0. The fourth-order valence-electron chi connectivity index (χ4n) is 3.27. The number of carbonyl (C=O) groups is 2. The van der Waals surface area contributed by atoms with E-state index in [2.05, 4.69) is 10.3 Å². The lowest BCUT2D eigenvalue weighted by atomic mass is 10.1. The van der Waals surface area contributed by atoms with Crippen LogP contribution in [0.4, 0.5) is 11.4 Å². The summed E-state index contributed by atoms with van der Waals surface area (Å²) in [6, 6.07) is 14.1. The van der Waals surface area contributed by atoms with Crippen molar-refractivity contribution >= 4 is 57.6 Å². The van der Waals surface area contributed by atoms with Crippen molar-refractivity contribution in [1.29, 1.82) is 0 Å². The van der Waals surface area contributed by atoms with Gasteiger partial charge in [0.15, 0.2) is 5.17 Å². The predicted molar refractivity (Wildman–Crippen MR) is 123 cm³/mol. The van der Waals surface area contributed by atoms with Crippen LogP contribution in [-0.4, -0.2) is 39.0 Å². The third kappa shape index (κ3) is 3.87. The molecule has 0 saturated carbocycles. The van der Waals surface area contributed by atoms with E-state index in [0.717, 1.165) is 11.3 Å². The minimum absolute atomic E-state index is 0.0691. The van der Waals surface area contributed by atoms with Crippen LogP contribution in [0.1, 0.15) is 26.3 Å². The number of aliphatic imine (C=N–C) groups is 2. The third-order valence-electron chi connectivity index (χ3n) is 4.89. The molecule has 2 atom stereocenters. The summed E-state index contributed by atoms with van der Waals surface area (Å²) < 4.78 is 0. The van der Waals surface area contributed by atoms with Gasteiger partial charge < -0.3 is 5.32 Å². The summed E-state index contributed by atoms with van der Waals surface area (Å²) in [6.45, 7) is 5.74. The highest BCUT2D eigenvalue weighted by Gasteiger charge is 2.43. The summed E-state index contributed by atoms with van der Waals surface area (Å²) in [5, 5.41) is 3.47. The number of anilines is 1. The summed E-state index contributed by atoms with van der Waals surface area (Å²) in [6.07, 6.45) is 0. The third-order valence-corrected chi connectivity index (χ3v) is 6.20. The van der Waals surface area contributed by atoms with Gasteiger partial charge in [-0.05, 0) is 49.2 Å². The van der Waals surface area contributed by atoms with Gasteiger partial charge >= 0.3 is 0 Å². The number of thioether (sulfide) groups is 1. The first-order chi connectivity index (χ1) is 14.3. The fourth-order valence-corrected chi connectivity index (χ4v) is 4.31. The minimum atomic E-state index is -0.475. The molecule has 6 nitrogen and oxygen atoms in total. The van der Waals surface area contributed by atoms with Gasteiger partial charge in [0.05, 0.1) is 10.9 Å². The van der Waals surface area contributed by atoms with E-state index in [1.54, 1.807) is 36.1 Å². The lowest BCUT2D eigenvalue weighted by molar-refractivity contribution is -0.125. The van der Waals surface area contributed by atoms with E-state index in [1.807, 2.05) is 38.1 Å². The molecule has 0 bridgehead atoms. The second-order valence-electron chi connectivity index (χ2n) is 7.48. The van der Waals surface area contributed by atoms with Crippen molar-refractivity contribution in [3.8, 4) is 0 Å². The van der Waals surface area contributed by atoms with Crippen LogP contribution in [0.5, 0.6) is 0 Å². The summed E-state index contributed by atoms with van der Waals surface area (Å²) in [5.41, 5.74) is 2.24. The Hall–Kier alpha value is -2.64. The van der Waals surface area contributed by atoms with Crippen LogP contribution in [-0.2, 0) is 9.59 Å². The molecule has 0 aromatic heterocycles. The first kappa shape index (κ1) is 20.6. The van der Waals surface area contributed by atoms with E-state index in [1.165, 1.54) is 11.8 Å². The molecule has 154 valence electrons. The lowest BCUT2D eigenvalue weighted by Crippen LogP contribution is -2.43. The van der Waals surface area contributed by atoms with Gasteiger partial charge in [-0.15, -0.1) is 0 Å². The number of rotatable bonds is 4. The number of hydrogen-bond acceptors (Lipinski definition) is 5. The molecule has 2 aliphatic rings. The Morgan fingerprint density at radius 3 is 2.53 bits per heavy atom. The maximum atomic E-state index is 13.1. The zero-order valence-electron chi connectivity index (χ0n) is 16.8. The van der Waals surface area contributed by atoms with Gasteiger partial charge in [-0.25, -0.2) is 9.89 Å². The minimum Gasteiger partial charge on any atom is -0.325 e. The van der Waals surface area contributed by atoms with Crippen molar-refractivity contribution < 1.29 is 9.59 Å². The van der Waals surface area contributed by atoms with Crippen molar-refractivity contribution in [3.63, 3.8) is 0 Å². The highest BCUT2D eigenvalue weighted by molar-refractivity contribution is 8.15. The van der Waals surface area contributed by atoms with Crippen LogP contribution in [0, 0.1) is 5.92 Å². The van der Waals surface area contributed by atoms with Gasteiger partial charge in [-0.1, -0.05) is 49.3 Å². The normalized spacial score (nSPS) is 18.5. The molecular weight excluding hydrogens is 420 g/mol. The number of hydrogen-bond donors (Lipinski definition) is 1. The average molecular weight is 441 g/mol. The van der Waals surface area contributed by atoms with Crippen LogP contribution in [0.2, 0.25) is 5.02 Å². The quantitative estimate of drug-likeness (QED) is 0.747. The molecule has 2 amide bonds. The van der Waals surface area contributed by atoms with Crippen LogP contribution in [0.15, 0.2) is 58.5 Å². The zero-order valence-corrected chi connectivity index (χ0v) is 18.4. The molecule has 0 aliphatic carbocycles. The van der Waals surface area contributed by atoms with E-state index in [9.17, 15) is 9.59 Å². The van der Waals surface area contributed by atoms with E-state index >= 15 is 0 Å². The number of nitrogens with one attached hydrogen (secondary N) is 1. The second kappa shape index (κ2) is 8.24. The molecule has 1 N–H and O–H groups in total. The standard InChI is InChI=1S/C22H21ClN4O2S/c1-12(2)18-21(29)27-19(26-18)16-6-4-5-7-17(16)25-22(27)30-13(3)20(28)24-15-10-8-14(23)9-11-15/h4-13,18H,1-3H3,(H,24,28)/t13-,18+/m1/s1. The molecule has 0 fully saturated rings. The van der Waals surface area contributed by atoms with Gasteiger partial charge in [-0.2, -0.15) is 0 Å². The molecule has 4 rings (SSSR count). The first-order valence-electron chi connectivity index (χ1n) is 9.68. The number of para-hydroxylation sites is 1. The number of nitrogens with zero attached hydrogens (tertiary/aromatic N) is 3. The Balaban J connectivity index is 1.59. The highest BCUT2D eigenvalue weighted by Crippen LogP contribution is 2.35. The zero-order chi connectivity index (χ0) is 21.4. The molecule has 2 heterocycles. The van der Waals surface area contributed by atoms with Crippen molar-refractivity contribution in [3.05, 3.63) is 59.1 Å². The Labute approximate surface area is 184 Å². The fraction of sp³-hybridized carbons (Fsp3) is 0.273. The Morgan fingerprint density at radius 1 is 1.13 bits per heavy atom. The Bertz CT molecular complexity index is 1070.